The van der Waals surface area contributed by atoms with Crippen LogP contribution in [0.4, 0.5) is 4.79 Å². The SMILES string of the molecule is O=C(O)CCOCC(COCCC(=O)O)(COCCC(=O)O)NC(=O)OC1CC/C=C/CCC1. The van der Waals surface area contributed by atoms with E-state index in [4.69, 9.17) is 34.3 Å². The quantitative estimate of drug-likeness (QED) is 0.173. The number of hydrogen-bond acceptors (Lipinski definition) is 8. The third kappa shape index (κ3) is 14.4. The smallest absolute Gasteiger partial charge is 0.408 e. The lowest BCUT2D eigenvalue weighted by molar-refractivity contribution is -0.139. The number of carboxylic acid groups (broad SMARTS) is 3. The van der Waals surface area contributed by atoms with Crippen LogP contribution in [0, 0.1) is 0 Å². The monoisotopic (exact) mass is 489 g/mol. The minimum atomic E-state index is -1.35. The molecule has 0 aromatic carbocycles. The minimum absolute atomic E-state index is 0.146. The molecule has 34 heavy (non-hydrogen) atoms. The van der Waals surface area contributed by atoms with Crippen LogP contribution in [0.5, 0.6) is 0 Å². The highest BCUT2D eigenvalue weighted by Gasteiger charge is 2.35. The molecule has 0 heterocycles. The molecule has 0 spiro atoms. The van der Waals surface area contributed by atoms with Crippen LogP contribution >= 0.6 is 0 Å². The van der Waals surface area contributed by atoms with Gasteiger partial charge in [-0.05, 0) is 32.1 Å². The Hall–Kier alpha value is -2.70. The Bertz CT molecular complexity index is 625. The van der Waals surface area contributed by atoms with E-state index in [1.807, 2.05) is 6.08 Å². The second-order valence-electron chi connectivity index (χ2n) is 8.00. The maximum atomic E-state index is 12.7. The molecule has 0 aromatic rings. The van der Waals surface area contributed by atoms with Crippen LogP contribution in [0.2, 0.25) is 0 Å². The lowest BCUT2D eigenvalue weighted by Crippen LogP contribution is -2.59. The van der Waals surface area contributed by atoms with E-state index in [1.54, 1.807) is 0 Å². The second-order valence-corrected chi connectivity index (χ2v) is 8.00. The highest BCUT2D eigenvalue weighted by molar-refractivity contribution is 5.69. The van der Waals surface area contributed by atoms with E-state index in [0.717, 1.165) is 19.3 Å². The first kappa shape index (κ1) is 29.3. The van der Waals surface area contributed by atoms with Gasteiger partial charge in [0.2, 0.25) is 0 Å². The van der Waals surface area contributed by atoms with Gasteiger partial charge in [0.1, 0.15) is 11.6 Å². The highest BCUT2D eigenvalue weighted by atomic mass is 16.6. The maximum Gasteiger partial charge on any atom is 0.408 e. The lowest BCUT2D eigenvalue weighted by Gasteiger charge is -2.34. The summed E-state index contributed by atoms with van der Waals surface area (Å²) < 4.78 is 21.9. The fourth-order valence-electron chi connectivity index (χ4n) is 3.16. The number of carbonyl (C=O) groups is 4. The normalized spacial score (nSPS) is 17.2. The Morgan fingerprint density at radius 3 is 1.71 bits per heavy atom. The molecule has 0 bridgehead atoms. The Labute approximate surface area is 198 Å². The van der Waals surface area contributed by atoms with Crippen LogP contribution in [0.3, 0.4) is 0 Å². The predicted octanol–water partition coefficient (Wildman–Crippen LogP) is 1.81. The van der Waals surface area contributed by atoms with Crippen molar-refractivity contribution < 1.29 is 53.4 Å². The highest BCUT2D eigenvalue weighted by Crippen LogP contribution is 2.17. The molecule has 0 radical (unpaired) electrons. The molecule has 1 rings (SSSR count). The number of rotatable bonds is 17. The number of aliphatic carboxylic acids is 3. The van der Waals surface area contributed by atoms with Gasteiger partial charge in [-0.15, -0.1) is 0 Å². The molecule has 4 N–H and O–H groups in total. The first-order chi connectivity index (χ1) is 16.2. The van der Waals surface area contributed by atoms with Crippen molar-refractivity contribution in [2.24, 2.45) is 0 Å². The summed E-state index contributed by atoms with van der Waals surface area (Å²) in [5.41, 5.74) is -1.35. The Morgan fingerprint density at radius 1 is 0.765 bits per heavy atom. The van der Waals surface area contributed by atoms with E-state index in [1.165, 1.54) is 0 Å². The number of ether oxygens (including phenoxy) is 4. The van der Waals surface area contributed by atoms with Crippen molar-refractivity contribution in [2.45, 2.75) is 63.0 Å². The molecule has 1 amide bonds. The van der Waals surface area contributed by atoms with E-state index < -0.39 is 29.5 Å². The van der Waals surface area contributed by atoms with E-state index in [9.17, 15) is 19.2 Å². The standard InChI is InChI=1S/C22H35NO11/c24-18(25)8-11-31-14-22(15-32-12-9-19(26)27,16-33-13-10-20(28)29)23-21(30)34-17-6-4-2-1-3-5-7-17/h1-2,17H,3-16H2,(H,23,30)(H,24,25)(H,26,27)(H,28,29)/b2-1+. The van der Waals surface area contributed by atoms with E-state index in [-0.39, 0.29) is 65.0 Å². The summed E-state index contributed by atoms with van der Waals surface area (Å²) in [6.07, 6.45) is 6.20. The molecule has 194 valence electrons. The zero-order valence-electron chi connectivity index (χ0n) is 19.2. The zero-order chi connectivity index (χ0) is 25.2. The van der Waals surface area contributed by atoms with Crippen molar-refractivity contribution in [3.05, 3.63) is 12.2 Å². The average molecular weight is 490 g/mol. The van der Waals surface area contributed by atoms with E-state index in [0.29, 0.717) is 12.8 Å². The van der Waals surface area contributed by atoms with Gasteiger partial charge in [-0.2, -0.15) is 0 Å². The molecule has 1 atom stereocenters. The summed E-state index contributed by atoms with van der Waals surface area (Å²) >= 11 is 0. The van der Waals surface area contributed by atoms with Crippen molar-refractivity contribution in [1.29, 1.82) is 0 Å². The largest absolute Gasteiger partial charge is 0.481 e. The van der Waals surface area contributed by atoms with Crippen LogP contribution in [-0.2, 0) is 33.3 Å². The molecule has 0 aliphatic heterocycles. The fraction of sp³-hybridized carbons (Fsp3) is 0.727. The van der Waals surface area contributed by atoms with Crippen molar-refractivity contribution in [3.63, 3.8) is 0 Å². The van der Waals surface area contributed by atoms with Crippen molar-refractivity contribution >= 4 is 24.0 Å². The van der Waals surface area contributed by atoms with Gasteiger partial charge in [-0.1, -0.05) is 12.2 Å². The van der Waals surface area contributed by atoms with Crippen LogP contribution < -0.4 is 5.32 Å². The van der Waals surface area contributed by atoms with Gasteiger partial charge in [-0.3, -0.25) is 14.4 Å². The topological polar surface area (TPSA) is 178 Å². The first-order valence-corrected chi connectivity index (χ1v) is 11.2. The summed E-state index contributed by atoms with van der Waals surface area (Å²) in [5, 5.41) is 29.2. The molecule has 0 saturated carbocycles. The average Bonchev–Trinajstić information content (AvgIpc) is 2.73. The van der Waals surface area contributed by atoms with Gasteiger partial charge in [0.05, 0.1) is 58.9 Å². The molecule has 12 nitrogen and oxygen atoms in total. The predicted molar refractivity (Wildman–Crippen MR) is 118 cm³/mol. The van der Waals surface area contributed by atoms with Crippen LogP contribution in [0.25, 0.3) is 0 Å². The molecular formula is C22H35NO11. The second kappa shape index (κ2) is 16.8. The van der Waals surface area contributed by atoms with Crippen molar-refractivity contribution in [1.82, 2.24) is 5.32 Å². The Kier molecular flexibility index (Phi) is 14.5. The number of carbonyl (C=O) groups excluding carboxylic acids is 1. The Balaban J connectivity index is 2.86. The van der Waals surface area contributed by atoms with Crippen molar-refractivity contribution in [3.8, 4) is 0 Å². The van der Waals surface area contributed by atoms with Gasteiger partial charge in [0.15, 0.2) is 0 Å². The molecule has 1 aliphatic carbocycles. The molecule has 0 fully saturated rings. The summed E-state index contributed by atoms with van der Waals surface area (Å²) in [4.78, 5) is 45.1. The summed E-state index contributed by atoms with van der Waals surface area (Å²) in [5.74, 6) is -3.19. The van der Waals surface area contributed by atoms with Crippen LogP contribution in [0.1, 0.15) is 51.4 Å². The van der Waals surface area contributed by atoms with Crippen LogP contribution in [-0.4, -0.2) is 90.6 Å². The van der Waals surface area contributed by atoms with Gasteiger partial charge in [-0.25, -0.2) is 4.79 Å². The minimum Gasteiger partial charge on any atom is -0.481 e. The summed E-state index contributed by atoms with van der Waals surface area (Å²) in [7, 11) is 0. The van der Waals surface area contributed by atoms with Crippen molar-refractivity contribution in [2.75, 3.05) is 39.6 Å². The number of allylic oxidation sites excluding steroid dienone is 2. The summed E-state index contributed by atoms with van der Waals surface area (Å²) in [6.45, 7) is -1.10. The van der Waals surface area contributed by atoms with Crippen LogP contribution in [0.15, 0.2) is 12.2 Å². The first-order valence-electron chi connectivity index (χ1n) is 11.2. The summed E-state index contributed by atoms with van der Waals surface area (Å²) in [6, 6.07) is 0. The molecule has 1 aliphatic rings. The van der Waals surface area contributed by atoms with E-state index >= 15 is 0 Å². The maximum absolute atomic E-state index is 12.7. The number of amides is 1. The number of carboxylic acids is 3. The molecular weight excluding hydrogens is 454 g/mol. The molecule has 0 saturated heterocycles. The number of hydrogen-bond donors (Lipinski definition) is 4. The lowest BCUT2D eigenvalue weighted by atomic mass is 10.0. The van der Waals surface area contributed by atoms with Gasteiger partial charge in [0.25, 0.3) is 0 Å². The third-order valence-corrected chi connectivity index (χ3v) is 4.88. The zero-order valence-corrected chi connectivity index (χ0v) is 19.2. The van der Waals surface area contributed by atoms with Gasteiger partial charge in [0, 0.05) is 0 Å². The third-order valence-electron chi connectivity index (χ3n) is 4.88. The van der Waals surface area contributed by atoms with E-state index in [2.05, 4.69) is 11.4 Å². The fourth-order valence-corrected chi connectivity index (χ4v) is 3.16. The number of nitrogens with one attached hydrogen (secondary N) is 1. The molecule has 0 aromatic heterocycles. The molecule has 12 heteroatoms. The number of alkyl carbamates (subject to hydrolysis) is 1. The Morgan fingerprint density at radius 2 is 1.24 bits per heavy atom. The van der Waals surface area contributed by atoms with Gasteiger partial charge >= 0.3 is 24.0 Å². The van der Waals surface area contributed by atoms with Gasteiger partial charge < -0.3 is 39.6 Å². The molecule has 1 unspecified atom stereocenters.